The summed E-state index contributed by atoms with van der Waals surface area (Å²) in [5.41, 5.74) is 0.226. The van der Waals surface area contributed by atoms with Gasteiger partial charge in [0, 0.05) is 18.7 Å². The van der Waals surface area contributed by atoms with Crippen molar-refractivity contribution in [1.82, 2.24) is 14.8 Å². The number of anilines is 1. The summed E-state index contributed by atoms with van der Waals surface area (Å²) in [6.45, 7) is 1.92. The van der Waals surface area contributed by atoms with Crippen molar-refractivity contribution in [2.45, 2.75) is 50.2 Å². The lowest BCUT2D eigenvalue weighted by molar-refractivity contribution is -0.276. The summed E-state index contributed by atoms with van der Waals surface area (Å²) in [7, 11) is 0. The maximum atomic E-state index is 12.5. The molecular weight excluding hydrogens is 500 g/mol. The molecule has 0 bridgehead atoms. The standard InChI is InChI=1S/C21H23Cl2F3N4O4/c22-17-10-28-30(20(31)19(17)23)14-3-1-13(2-4-14)29(11-16-12-32-7-8-33-16)15-5-6-18(27-9-15)34-21(24,25)26/h5-6,9-10,13-14,16H,1-4,7-8,11-12H2. The lowest BCUT2D eigenvalue weighted by Crippen LogP contribution is -2.46. The van der Waals surface area contributed by atoms with Crippen LogP contribution in [0.4, 0.5) is 18.9 Å². The van der Waals surface area contributed by atoms with Crippen molar-refractivity contribution in [3.8, 4) is 5.88 Å². The lowest BCUT2D eigenvalue weighted by atomic mass is 9.89. The molecule has 1 atom stereocenters. The molecule has 3 heterocycles. The Labute approximate surface area is 203 Å². The van der Waals surface area contributed by atoms with E-state index in [-0.39, 0.29) is 28.2 Å². The minimum absolute atomic E-state index is 0.0523. The Kier molecular flexibility index (Phi) is 7.86. The van der Waals surface area contributed by atoms with E-state index in [1.165, 1.54) is 23.1 Å². The largest absolute Gasteiger partial charge is 0.574 e. The van der Waals surface area contributed by atoms with Crippen molar-refractivity contribution in [3.05, 3.63) is 44.9 Å². The zero-order valence-corrected chi connectivity index (χ0v) is 19.5. The molecule has 13 heteroatoms. The normalized spacial score (nSPS) is 23.5. The third-order valence-corrected chi connectivity index (χ3v) is 6.66. The highest BCUT2D eigenvalue weighted by atomic mass is 35.5. The molecule has 0 spiro atoms. The molecule has 0 N–H and O–H groups in total. The van der Waals surface area contributed by atoms with Crippen LogP contribution in [0.5, 0.6) is 5.88 Å². The summed E-state index contributed by atoms with van der Waals surface area (Å²) in [6, 6.07) is 2.67. The number of pyridine rings is 1. The van der Waals surface area contributed by atoms with Crippen LogP contribution < -0.4 is 15.2 Å². The van der Waals surface area contributed by atoms with E-state index in [2.05, 4.69) is 19.7 Å². The predicted octanol–water partition coefficient (Wildman–Crippen LogP) is 4.25. The number of aromatic nitrogens is 3. The fraction of sp³-hybridized carbons (Fsp3) is 0.571. The molecule has 2 aromatic rings. The van der Waals surface area contributed by atoms with Gasteiger partial charge >= 0.3 is 6.36 Å². The first kappa shape index (κ1) is 25.0. The van der Waals surface area contributed by atoms with Crippen molar-refractivity contribution in [1.29, 1.82) is 0 Å². The van der Waals surface area contributed by atoms with Crippen LogP contribution in [0.25, 0.3) is 0 Å². The van der Waals surface area contributed by atoms with Crippen LogP contribution >= 0.6 is 23.2 Å². The van der Waals surface area contributed by atoms with Crippen LogP contribution in [-0.2, 0) is 9.47 Å². The van der Waals surface area contributed by atoms with Crippen molar-refractivity contribution >= 4 is 28.9 Å². The maximum Gasteiger partial charge on any atom is 0.574 e. The van der Waals surface area contributed by atoms with Crippen LogP contribution in [0.2, 0.25) is 10.0 Å². The summed E-state index contributed by atoms with van der Waals surface area (Å²) in [6.07, 6.45) is 0.490. The molecule has 2 aromatic heterocycles. The SMILES string of the molecule is O=c1c(Cl)c(Cl)cnn1C1CCC(N(CC2COCCO2)c2ccc(OC(F)(F)F)nc2)CC1. The average Bonchev–Trinajstić information content (AvgIpc) is 2.82. The van der Waals surface area contributed by atoms with Gasteiger partial charge in [-0.1, -0.05) is 23.2 Å². The van der Waals surface area contributed by atoms with Crippen LogP contribution in [-0.4, -0.2) is 59.6 Å². The molecule has 4 rings (SSSR count). The fourth-order valence-electron chi connectivity index (χ4n) is 4.35. The van der Waals surface area contributed by atoms with Crippen molar-refractivity contribution in [3.63, 3.8) is 0 Å². The lowest BCUT2D eigenvalue weighted by Gasteiger charge is -2.40. The van der Waals surface area contributed by atoms with Gasteiger partial charge in [0.25, 0.3) is 5.56 Å². The number of hydrogen-bond donors (Lipinski definition) is 0. The van der Waals surface area contributed by atoms with Gasteiger partial charge in [0.1, 0.15) is 5.02 Å². The molecule has 0 aromatic carbocycles. The van der Waals surface area contributed by atoms with Crippen LogP contribution in [0.1, 0.15) is 31.7 Å². The molecule has 0 radical (unpaired) electrons. The minimum Gasteiger partial charge on any atom is -0.388 e. The smallest absolute Gasteiger partial charge is 0.388 e. The first-order valence-corrected chi connectivity index (χ1v) is 11.6. The van der Waals surface area contributed by atoms with E-state index in [9.17, 15) is 18.0 Å². The van der Waals surface area contributed by atoms with Gasteiger partial charge in [-0.3, -0.25) is 4.79 Å². The summed E-state index contributed by atoms with van der Waals surface area (Å²) < 4.78 is 54.1. The van der Waals surface area contributed by atoms with Gasteiger partial charge in [-0.2, -0.15) is 5.10 Å². The zero-order chi connectivity index (χ0) is 24.3. The van der Waals surface area contributed by atoms with E-state index < -0.39 is 17.8 Å². The highest BCUT2D eigenvalue weighted by Crippen LogP contribution is 2.34. The molecule has 1 saturated carbocycles. The van der Waals surface area contributed by atoms with Gasteiger partial charge < -0.3 is 19.1 Å². The van der Waals surface area contributed by atoms with Crippen LogP contribution in [0.3, 0.4) is 0 Å². The molecule has 1 unspecified atom stereocenters. The number of nitrogens with zero attached hydrogens (tertiary/aromatic N) is 4. The van der Waals surface area contributed by atoms with Gasteiger partial charge in [-0.25, -0.2) is 9.67 Å². The number of rotatable bonds is 6. The number of ether oxygens (including phenoxy) is 3. The fourth-order valence-corrected chi connectivity index (χ4v) is 4.61. The molecule has 34 heavy (non-hydrogen) atoms. The van der Waals surface area contributed by atoms with E-state index >= 15 is 0 Å². The van der Waals surface area contributed by atoms with Gasteiger partial charge in [0.05, 0.1) is 55.1 Å². The maximum absolute atomic E-state index is 12.5. The average molecular weight is 523 g/mol. The minimum atomic E-state index is -4.81. The zero-order valence-electron chi connectivity index (χ0n) is 18.0. The van der Waals surface area contributed by atoms with Crippen LogP contribution in [0.15, 0.2) is 29.3 Å². The molecule has 2 aliphatic rings. The summed E-state index contributed by atoms with van der Waals surface area (Å²) >= 11 is 11.9. The Bertz CT molecular complexity index is 1020. The van der Waals surface area contributed by atoms with Crippen LogP contribution in [0, 0.1) is 0 Å². The second kappa shape index (κ2) is 10.7. The summed E-state index contributed by atoms with van der Waals surface area (Å²) in [5, 5.41) is 4.20. The Balaban J connectivity index is 1.49. The van der Waals surface area contributed by atoms with Gasteiger partial charge in [0.15, 0.2) is 0 Å². The Morgan fingerprint density at radius 2 is 1.91 bits per heavy atom. The number of alkyl halides is 3. The summed E-state index contributed by atoms with van der Waals surface area (Å²) in [4.78, 5) is 18.4. The third kappa shape index (κ3) is 6.12. The van der Waals surface area contributed by atoms with E-state index in [0.717, 1.165) is 0 Å². The molecule has 2 fully saturated rings. The number of hydrogen-bond acceptors (Lipinski definition) is 7. The molecule has 1 aliphatic heterocycles. The van der Waals surface area contributed by atoms with Gasteiger partial charge in [-0.05, 0) is 31.7 Å². The first-order valence-electron chi connectivity index (χ1n) is 10.8. The van der Waals surface area contributed by atoms with Gasteiger partial charge in [0.2, 0.25) is 5.88 Å². The first-order chi connectivity index (χ1) is 16.2. The van der Waals surface area contributed by atoms with Gasteiger partial charge in [-0.15, -0.1) is 13.2 Å². The predicted molar refractivity (Wildman–Crippen MR) is 119 cm³/mol. The van der Waals surface area contributed by atoms with Crippen molar-refractivity contribution < 1.29 is 27.4 Å². The van der Waals surface area contributed by atoms with E-state index in [4.69, 9.17) is 32.7 Å². The highest BCUT2D eigenvalue weighted by Gasteiger charge is 2.33. The molecular formula is C21H23Cl2F3N4O4. The topological polar surface area (TPSA) is 78.7 Å². The molecule has 186 valence electrons. The summed E-state index contributed by atoms with van der Waals surface area (Å²) in [5.74, 6) is -0.526. The molecule has 8 nitrogen and oxygen atoms in total. The molecule has 1 saturated heterocycles. The monoisotopic (exact) mass is 522 g/mol. The Morgan fingerprint density at radius 1 is 1.15 bits per heavy atom. The Hall–Kier alpha value is -2.08. The third-order valence-electron chi connectivity index (χ3n) is 5.91. The second-order valence-corrected chi connectivity index (χ2v) is 8.93. The second-order valence-electron chi connectivity index (χ2n) is 8.14. The van der Waals surface area contributed by atoms with E-state index in [1.54, 1.807) is 6.07 Å². The highest BCUT2D eigenvalue weighted by molar-refractivity contribution is 6.41. The molecule has 0 amide bonds. The van der Waals surface area contributed by atoms with E-state index in [1.807, 2.05) is 0 Å². The Morgan fingerprint density at radius 3 is 2.53 bits per heavy atom. The quantitative estimate of drug-likeness (QED) is 0.561. The molecule has 1 aliphatic carbocycles. The van der Waals surface area contributed by atoms with E-state index in [0.29, 0.717) is 57.7 Å². The van der Waals surface area contributed by atoms with Crippen molar-refractivity contribution in [2.24, 2.45) is 0 Å². The van der Waals surface area contributed by atoms with Crippen molar-refractivity contribution in [2.75, 3.05) is 31.3 Å². The number of halogens is 5.